The maximum Gasteiger partial charge on any atom is 0.289 e. The third kappa shape index (κ3) is 2.83. The number of likely N-dealkylation sites (tertiary alicyclic amines) is 1. The first-order valence-electron chi connectivity index (χ1n) is 8.02. The van der Waals surface area contributed by atoms with Crippen LogP contribution in [-0.4, -0.2) is 42.1 Å². The van der Waals surface area contributed by atoms with E-state index in [4.69, 9.17) is 9.15 Å². The Morgan fingerprint density at radius 3 is 2.79 bits per heavy atom. The summed E-state index contributed by atoms with van der Waals surface area (Å²) in [6.45, 7) is 1.41. The molecule has 3 aromatic rings. The molecule has 5 nitrogen and oxygen atoms in total. The minimum atomic E-state index is -0.0584. The smallest absolute Gasteiger partial charge is 0.289 e. The molecule has 0 spiro atoms. The molecule has 1 saturated heterocycles. The van der Waals surface area contributed by atoms with Crippen molar-refractivity contribution in [3.8, 4) is 10.8 Å². The molecule has 0 unspecified atom stereocenters. The molecule has 6 heteroatoms. The predicted molar refractivity (Wildman–Crippen MR) is 93.3 cm³/mol. The summed E-state index contributed by atoms with van der Waals surface area (Å²) in [7, 11) is 1.72. The molecule has 0 saturated carbocycles. The standard InChI is InChI=1S/C18H18N2O3S/c1-22-12-8-10-20(11-9-12)18(21)15-7-6-14(23-15)17-19-13-4-2-3-5-16(13)24-17/h2-7,12H,8-11H2,1H3. The van der Waals surface area contributed by atoms with Crippen molar-refractivity contribution in [2.45, 2.75) is 18.9 Å². The fourth-order valence-corrected chi connectivity index (χ4v) is 3.92. The van der Waals surface area contributed by atoms with Crippen LogP contribution < -0.4 is 0 Å². The van der Waals surface area contributed by atoms with Gasteiger partial charge in [-0.1, -0.05) is 12.1 Å². The van der Waals surface area contributed by atoms with Crippen molar-refractivity contribution in [2.75, 3.05) is 20.2 Å². The van der Waals surface area contributed by atoms with E-state index in [-0.39, 0.29) is 12.0 Å². The van der Waals surface area contributed by atoms with Crippen molar-refractivity contribution in [3.63, 3.8) is 0 Å². The number of rotatable bonds is 3. The van der Waals surface area contributed by atoms with Crippen LogP contribution in [0.5, 0.6) is 0 Å². The lowest BCUT2D eigenvalue weighted by Gasteiger charge is -2.30. The van der Waals surface area contributed by atoms with Gasteiger partial charge in [0.2, 0.25) is 0 Å². The monoisotopic (exact) mass is 342 g/mol. The molecule has 3 heterocycles. The molecule has 0 bridgehead atoms. The minimum absolute atomic E-state index is 0.0584. The molecule has 1 fully saturated rings. The summed E-state index contributed by atoms with van der Waals surface area (Å²) in [6.07, 6.45) is 1.99. The van der Waals surface area contributed by atoms with E-state index >= 15 is 0 Å². The first-order chi connectivity index (χ1) is 11.7. The van der Waals surface area contributed by atoms with E-state index in [9.17, 15) is 4.79 Å². The Bertz CT molecular complexity index is 829. The van der Waals surface area contributed by atoms with Crippen LogP contribution in [0.15, 0.2) is 40.8 Å². The van der Waals surface area contributed by atoms with Crippen LogP contribution in [0, 0.1) is 0 Å². The topological polar surface area (TPSA) is 55.6 Å². The SMILES string of the molecule is COC1CCN(C(=O)c2ccc(-c3nc4ccccc4s3)o2)CC1. The maximum absolute atomic E-state index is 12.6. The molecule has 1 aromatic carbocycles. The number of fused-ring (bicyclic) bond motifs is 1. The van der Waals surface area contributed by atoms with Gasteiger partial charge in [0.15, 0.2) is 16.5 Å². The molecular formula is C18H18N2O3S. The average molecular weight is 342 g/mol. The van der Waals surface area contributed by atoms with E-state index in [2.05, 4.69) is 4.98 Å². The van der Waals surface area contributed by atoms with Gasteiger partial charge < -0.3 is 14.1 Å². The van der Waals surface area contributed by atoms with Crippen molar-refractivity contribution in [1.82, 2.24) is 9.88 Å². The lowest BCUT2D eigenvalue weighted by atomic mass is 10.1. The molecule has 24 heavy (non-hydrogen) atoms. The molecule has 1 aliphatic rings. The predicted octanol–water partition coefficient (Wildman–Crippen LogP) is 3.81. The maximum atomic E-state index is 12.6. The third-order valence-corrected chi connectivity index (χ3v) is 5.43. The Balaban J connectivity index is 1.53. The number of carbonyl (C=O) groups excluding carboxylic acids is 1. The van der Waals surface area contributed by atoms with Gasteiger partial charge in [0.1, 0.15) is 0 Å². The molecule has 4 rings (SSSR count). The van der Waals surface area contributed by atoms with Gasteiger partial charge in [-0.25, -0.2) is 4.98 Å². The largest absolute Gasteiger partial charge is 0.448 e. The van der Waals surface area contributed by atoms with Crippen LogP contribution in [0.2, 0.25) is 0 Å². The molecule has 1 amide bonds. The van der Waals surface area contributed by atoms with Crippen LogP contribution in [-0.2, 0) is 4.74 Å². The summed E-state index contributed by atoms with van der Waals surface area (Å²) >= 11 is 1.57. The quantitative estimate of drug-likeness (QED) is 0.726. The Morgan fingerprint density at radius 1 is 1.25 bits per heavy atom. The van der Waals surface area contributed by atoms with Crippen molar-refractivity contribution < 1.29 is 13.9 Å². The molecule has 1 aliphatic heterocycles. The second-order valence-corrected chi connectivity index (χ2v) is 6.91. The number of hydrogen-bond acceptors (Lipinski definition) is 5. The number of ether oxygens (including phenoxy) is 1. The van der Waals surface area contributed by atoms with Gasteiger partial charge in [0, 0.05) is 20.2 Å². The van der Waals surface area contributed by atoms with E-state index < -0.39 is 0 Å². The van der Waals surface area contributed by atoms with Crippen LogP contribution in [0.25, 0.3) is 21.0 Å². The van der Waals surface area contributed by atoms with Crippen LogP contribution in [0.1, 0.15) is 23.4 Å². The Kier molecular flexibility index (Phi) is 4.08. The van der Waals surface area contributed by atoms with E-state index in [1.54, 1.807) is 24.5 Å². The number of amides is 1. The summed E-state index contributed by atoms with van der Waals surface area (Å²) < 4.78 is 12.2. The van der Waals surface area contributed by atoms with Gasteiger partial charge in [0.25, 0.3) is 5.91 Å². The number of aromatic nitrogens is 1. The van der Waals surface area contributed by atoms with Gasteiger partial charge in [-0.2, -0.15) is 0 Å². The highest BCUT2D eigenvalue weighted by atomic mass is 32.1. The van der Waals surface area contributed by atoms with Crippen molar-refractivity contribution >= 4 is 27.5 Å². The van der Waals surface area contributed by atoms with Crippen LogP contribution in [0.4, 0.5) is 0 Å². The summed E-state index contributed by atoms with van der Waals surface area (Å²) in [5.41, 5.74) is 0.948. The van der Waals surface area contributed by atoms with E-state index in [1.807, 2.05) is 35.2 Å². The highest BCUT2D eigenvalue weighted by molar-refractivity contribution is 7.21. The molecule has 0 atom stereocenters. The third-order valence-electron chi connectivity index (χ3n) is 4.38. The molecule has 124 valence electrons. The number of hydrogen-bond donors (Lipinski definition) is 0. The van der Waals surface area contributed by atoms with Gasteiger partial charge in [-0.15, -0.1) is 11.3 Å². The number of carbonyl (C=O) groups is 1. The molecule has 2 aromatic heterocycles. The Labute approximate surface area is 143 Å². The number of para-hydroxylation sites is 1. The fraction of sp³-hybridized carbons (Fsp3) is 0.333. The van der Waals surface area contributed by atoms with Gasteiger partial charge in [0.05, 0.1) is 16.3 Å². The normalized spacial score (nSPS) is 16.0. The summed E-state index contributed by atoms with van der Waals surface area (Å²) in [6, 6.07) is 11.5. The first kappa shape index (κ1) is 15.4. The number of methoxy groups -OCH3 is 1. The van der Waals surface area contributed by atoms with Crippen LogP contribution >= 0.6 is 11.3 Å². The van der Waals surface area contributed by atoms with Gasteiger partial charge >= 0.3 is 0 Å². The lowest BCUT2D eigenvalue weighted by Crippen LogP contribution is -2.40. The van der Waals surface area contributed by atoms with Crippen LogP contribution in [0.3, 0.4) is 0 Å². The molecule has 0 aliphatic carbocycles. The van der Waals surface area contributed by atoms with Crippen molar-refractivity contribution in [1.29, 1.82) is 0 Å². The fourth-order valence-electron chi connectivity index (χ4n) is 3.00. The molecular weight excluding hydrogens is 324 g/mol. The highest BCUT2D eigenvalue weighted by Gasteiger charge is 2.25. The molecule has 0 radical (unpaired) electrons. The number of furan rings is 1. The zero-order valence-electron chi connectivity index (χ0n) is 13.4. The van der Waals surface area contributed by atoms with E-state index in [0.29, 0.717) is 24.6 Å². The second-order valence-electron chi connectivity index (χ2n) is 5.88. The minimum Gasteiger partial charge on any atom is -0.448 e. The first-order valence-corrected chi connectivity index (χ1v) is 8.84. The summed E-state index contributed by atoms with van der Waals surface area (Å²) in [5.74, 6) is 0.961. The second kappa shape index (κ2) is 6.37. The van der Waals surface area contributed by atoms with E-state index in [0.717, 1.165) is 28.1 Å². The Morgan fingerprint density at radius 2 is 2.04 bits per heavy atom. The van der Waals surface area contributed by atoms with Crippen molar-refractivity contribution in [3.05, 3.63) is 42.2 Å². The number of benzene rings is 1. The van der Waals surface area contributed by atoms with Gasteiger partial charge in [-0.05, 0) is 37.1 Å². The summed E-state index contributed by atoms with van der Waals surface area (Å²) in [4.78, 5) is 19.0. The molecule has 0 N–H and O–H groups in total. The number of piperidine rings is 1. The number of nitrogens with zero attached hydrogens (tertiary/aromatic N) is 2. The van der Waals surface area contributed by atoms with Gasteiger partial charge in [-0.3, -0.25) is 4.79 Å². The summed E-state index contributed by atoms with van der Waals surface area (Å²) in [5, 5.41) is 0.799. The lowest BCUT2D eigenvalue weighted by molar-refractivity contribution is 0.0335. The average Bonchev–Trinajstić information content (AvgIpc) is 3.27. The van der Waals surface area contributed by atoms with E-state index in [1.165, 1.54) is 0 Å². The zero-order valence-corrected chi connectivity index (χ0v) is 14.2. The number of thiazole rings is 1. The zero-order chi connectivity index (χ0) is 16.5. The Hall–Kier alpha value is -2.18. The van der Waals surface area contributed by atoms with Crippen molar-refractivity contribution in [2.24, 2.45) is 0 Å². The highest BCUT2D eigenvalue weighted by Crippen LogP contribution is 2.31.